The average Bonchev–Trinajstić information content (AvgIpc) is 2.59. The molecule has 0 aliphatic rings. The molecule has 0 atom stereocenters. The predicted octanol–water partition coefficient (Wildman–Crippen LogP) is 5.15. The van der Waals surface area contributed by atoms with Crippen LogP contribution < -0.4 is 10.6 Å². The molecule has 0 unspecified atom stereocenters. The Kier molecular flexibility index (Phi) is 4.91. The predicted molar refractivity (Wildman–Crippen MR) is 101 cm³/mol. The Balaban J connectivity index is 1.88. The van der Waals surface area contributed by atoms with Gasteiger partial charge in [-0.2, -0.15) is 0 Å². The number of carbonyl (C=O) groups excluding carboxylic acids is 1. The second-order valence-corrected chi connectivity index (χ2v) is 6.13. The summed E-state index contributed by atoms with van der Waals surface area (Å²) in [5.41, 5.74) is 3.13. The number of aryl methyl sites for hydroxylation is 1. The molecule has 2 aromatic carbocycles. The van der Waals surface area contributed by atoms with E-state index in [1.807, 2.05) is 55.5 Å². The average molecular weight is 382 g/mol. The molecule has 5 heteroatoms. The van der Waals surface area contributed by atoms with E-state index in [0.29, 0.717) is 11.4 Å². The third-order valence-corrected chi connectivity index (χ3v) is 4.26. The summed E-state index contributed by atoms with van der Waals surface area (Å²) < 4.78 is 0.904. The first kappa shape index (κ1) is 16.2. The molecule has 3 aromatic rings. The zero-order valence-electron chi connectivity index (χ0n) is 13.1. The number of rotatable bonds is 4. The number of anilines is 3. The second kappa shape index (κ2) is 7.27. The molecule has 0 aliphatic carbocycles. The Morgan fingerprint density at radius 1 is 0.958 bits per heavy atom. The Bertz CT molecular complexity index is 880. The molecule has 0 saturated heterocycles. The summed E-state index contributed by atoms with van der Waals surface area (Å²) in [6.07, 6.45) is 1.66. The van der Waals surface area contributed by atoms with Crippen molar-refractivity contribution in [2.45, 2.75) is 6.92 Å². The first-order valence-corrected chi connectivity index (χ1v) is 8.28. The minimum Gasteiger partial charge on any atom is -0.339 e. The summed E-state index contributed by atoms with van der Waals surface area (Å²) in [7, 11) is 0. The van der Waals surface area contributed by atoms with Gasteiger partial charge in [0.2, 0.25) is 0 Å². The minimum atomic E-state index is -0.202. The lowest BCUT2D eigenvalue weighted by Crippen LogP contribution is -2.15. The molecule has 1 aromatic heterocycles. The van der Waals surface area contributed by atoms with Gasteiger partial charge in [0.05, 0.1) is 11.3 Å². The zero-order chi connectivity index (χ0) is 16.9. The van der Waals surface area contributed by atoms with E-state index in [9.17, 15) is 4.79 Å². The van der Waals surface area contributed by atoms with Crippen molar-refractivity contribution in [3.05, 3.63) is 82.5 Å². The number of hydrogen-bond acceptors (Lipinski definition) is 3. The van der Waals surface area contributed by atoms with Crippen molar-refractivity contribution in [2.75, 3.05) is 10.6 Å². The van der Waals surface area contributed by atoms with Crippen LogP contribution in [0.15, 0.2) is 71.3 Å². The van der Waals surface area contributed by atoms with Gasteiger partial charge in [-0.15, -0.1) is 0 Å². The molecule has 1 heterocycles. The van der Waals surface area contributed by atoms with E-state index in [0.717, 1.165) is 21.4 Å². The quantitative estimate of drug-likeness (QED) is 0.656. The molecule has 3 rings (SSSR count). The Morgan fingerprint density at radius 2 is 1.67 bits per heavy atom. The standard InChI is InChI=1S/C19H16BrN3O/c1-13-7-2-4-10-16(13)23-19(24)14-8-6-12-21-18(14)22-17-11-5-3-9-15(17)20/h2-12H,1H3,(H,21,22)(H,23,24). The van der Waals surface area contributed by atoms with E-state index in [-0.39, 0.29) is 5.91 Å². The third kappa shape index (κ3) is 3.63. The van der Waals surface area contributed by atoms with E-state index in [4.69, 9.17) is 0 Å². The van der Waals surface area contributed by atoms with Crippen molar-refractivity contribution >= 4 is 39.0 Å². The van der Waals surface area contributed by atoms with E-state index < -0.39 is 0 Å². The highest BCUT2D eigenvalue weighted by Gasteiger charge is 2.14. The number of pyridine rings is 1. The maximum absolute atomic E-state index is 12.7. The molecule has 0 bridgehead atoms. The SMILES string of the molecule is Cc1ccccc1NC(=O)c1cccnc1Nc1ccccc1Br. The number of nitrogens with zero attached hydrogens (tertiary/aromatic N) is 1. The number of nitrogens with one attached hydrogen (secondary N) is 2. The summed E-state index contributed by atoms with van der Waals surface area (Å²) in [5.74, 6) is 0.308. The fourth-order valence-corrected chi connectivity index (χ4v) is 2.66. The fourth-order valence-electron chi connectivity index (χ4n) is 2.28. The van der Waals surface area contributed by atoms with Crippen molar-refractivity contribution < 1.29 is 4.79 Å². The Morgan fingerprint density at radius 3 is 2.42 bits per heavy atom. The summed E-state index contributed by atoms with van der Waals surface area (Å²) in [6.45, 7) is 1.96. The number of hydrogen-bond donors (Lipinski definition) is 2. The number of amides is 1. The van der Waals surface area contributed by atoms with Crippen molar-refractivity contribution in [1.82, 2.24) is 4.98 Å². The number of aromatic nitrogens is 1. The molecule has 0 fully saturated rings. The van der Waals surface area contributed by atoms with E-state index in [1.54, 1.807) is 18.3 Å². The molecular weight excluding hydrogens is 366 g/mol. The van der Waals surface area contributed by atoms with E-state index in [2.05, 4.69) is 31.5 Å². The van der Waals surface area contributed by atoms with Gasteiger partial charge in [0, 0.05) is 16.4 Å². The van der Waals surface area contributed by atoms with Crippen molar-refractivity contribution in [1.29, 1.82) is 0 Å². The molecule has 2 N–H and O–H groups in total. The van der Waals surface area contributed by atoms with Crippen LogP contribution in [0.5, 0.6) is 0 Å². The minimum absolute atomic E-state index is 0.202. The third-order valence-electron chi connectivity index (χ3n) is 3.57. The van der Waals surface area contributed by atoms with Crippen molar-refractivity contribution in [2.24, 2.45) is 0 Å². The summed E-state index contributed by atoms with van der Waals surface area (Å²) in [6, 6.07) is 18.9. The Labute approximate surface area is 149 Å². The van der Waals surface area contributed by atoms with Gasteiger partial charge in [0.15, 0.2) is 0 Å². The first-order valence-electron chi connectivity index (χ1n) is 7.48. The van der Waals surface area contributed by atoms with Crippen LogP contribution >= 0.6 is 15.9 Å². The van der Waals surface area contributed by atoms with Crippen molar-refractivity contribution in [3.63, 3.8) is 0 Å². The first-order chi connectivity index (χ1) is 11.6. The molecule has 0 radical (unpaired) electrons. The van der Waals surface area contributed by atoms with Crippen molar-refractivity contribution in [3.8, 4) is 0 Å². The summed E-state index contributed by atoms with van der Waals surface area (Å²) in [4.78, 5) is 17.0. The number of para-hydroxylation sites is 2. The second-order valence-electron chi connectivity index (χ2n) is 5.27. The maximum atomic E-state index is 12.7. The highest BCUT2D eigenvalue weighted by Crippen LogP contribution is 2.26. The van der Waals surface area contributed by atoms with Crippen LogP contribution in [0.2, 0.25) is 0 Å². The van der Waals surface area contributed by atoms with Gasteiger partial charge in [-0.05, 0) is 58.7 Å². The molecule has 0 saturated carbocycles. The summed E-state index contributed by atoms with van der Waals surface area (Å²) >= 11 is 3.49. The van der Waals surface area contributed by atoms with Crippen LogP contribution in [-0.4, -0.2) is 10.9 Å². The maximum Gasteiger partial charge on any atom is 0.259 e. The Hall–Kier alpha value is -2.66. The van der Waals surface area contributed by atoms with Gasteiger partial charge in [0.25, 0.3) is 5.91 Å². The van der Waals surface area contributed by atoms with Gasteiger partial charge in [0.1, 0.15) is 5.82 Å². The largest absolute Gasteiger partial charge is 0.339 e. The molecule has 4 nitrogen and oxygen atoms in total. The lowest BCUT2D eigenvalue weighted by atomic mass is 10.1. The molecule has 0 aliphatic heterocycles. The topological polar surface area (TPSA) is 54.0 Å². The number of benzene rings is 2. The van der Waals surface area contributed by atoms with Gasteiger partial charge >= 0.3 is 0 Å². The van der Waals surface area contributed by atoms with E-state index in [1.165, 1.54) is 0 Å². The van der Waals surface area contributed by atoms with Crippen LogP contribution in [0.1, 0.15) is 15.9 Å². The van der Waals surface area contributed by atoms with Gasteiger partial charge in [-0.25, -0.2) is 4.98 Å². The molecular formula is C19H16BrN3O. The molecule has 120 valence electrons. The molecule has 0 spiro atoms. The van der Waals surface area contributed by atoms with Gasteiger partial charge in [-0.3, -0.25) is 4.79 Å². The van der Waals surface area contributed by atoms with Crippen LogP contribution in [0.4, 0.5) is 17.2 Å². The van der Waals surface area contributed by atoms with Crippen LogP contribution in [-0.2, 0) is 0 Å². The van der Waals surface area contributed by atoms with E-state index >= 15 is 0 Å². The normalized spacial score (nSPS) is 10.2. The molecule has 1 amide bonds. The van der Waals surface area contributed by atoms with Gasteiger partial charge in [-0.1, -0.05) is 30.3 Å². The fraction of sp³-hybridized carbons (Fsp3) is 0.0526. The monoisotopic (exact) mass is 381 g/mol. The zero-order valence-corrected chi connectivity index (χ0v) is 14.7. The van der Waals surface area contributed by atoms with Gasteiger partial charge < -0.3 is 10.6 Å². The molecule has 24 heavy (non-hydrogen) atoms. The number of halogens is 1. The summed E-state index contributed by atoms with van der Waals surface area (Å²) in [5, 5.41) is 6.14. The lowest BCUT2D eigenvalue weighted by Gasteiger charge is -2.13. The van der Waals surface area contributed by atoms with Crippen LogP contribution in [0, 0.1) is 6.92 Å². The highest BCUT2D eigenvalue weighted by atomic mass is 79.9. The van der Waals surface area contributed by atoms with Crippen LogP contribution in [0.25, 0.3) is 0 Å². The number of carbonyl (C=O) groups is 1. The lowest BCUT2D eigenvalue weighted by molar-refractivity contribution is 0.102. The highest BCUT2D eigenvalue weighted by molar-refractivity contribution is 9.10. The van der Waals surface area contributed by atoms with Crippen LogP contribution in [0.3, 0.4) is 0 Å². The smallest absolute Gasteiger partial charge is 0.259 e.